The standard InChI is InChI=1S/C13H18N2O2/c1-17-12-5-3-2-4-10(12)9-6-7-15-8-11(9)13(14)16/h2-5,9,11,15H,6-8H2,1H3,(H2,14,16). The van der Waals surface area contributed by atoms with Gasteiger partial charge in [0.2, 0.25) is 5.91 Å². The van der Waals surface area contributed by atoms with Crippen LogP contribution < -0.4 is 15.8 Å². The van der Waals surface area contributed by atoms with Gasteiger partial charge in [-0.25, -0.2) is 0 Å². The Balaban J connectivity index is 2.32. The molecular formula is C13H18N2O2. The highest BCUT2D eigenvalue weighted by molar-refractivity contribution is 5.78. The average molecular weight is 234 g/mol. The quantitative estimate of drug-likeness (QED) is 0.815. The van der Waals surface area contributed by atoms with E-state index in [1.165, 1.54) is 0 Å². The van der Waals surface area contributed by atoms with Crippen LogP contribution in [0.1, 0.15) is 17.9 Å². The van der Waals surface area contributed by atoms with Crippen molar-refractivity contribution >= 4 is 5.91 Å². The van der Waals surface area contributed by atoms with Crippen LogP contribution in [0.15, 0.2) is 24.3 Å². The third-order valence-corrected chi connectivity index (χ3v) is 3.39. The summed E-state index contributed by atoms with van der Waals surface area (Å²) >= 11 is 0. The number of para-hydroxylation sites is 1. The second-order valence-corrected chi connectivity index (χ2v) is 4.35. The topological polar surface area (TPSA) is 64.3 Å². The molecule has 2 rings (SSSR count). The molecular weight excluding hydrogens is 216 g/mol. The highest BCUT2D eigenvalue weighted by atomic mass is 16.5. The lowest BCUT2D eigenvalue weighted by Gasteiger charge is -2.31. The number of primary amides is 1. The molecule has 1 heterocycles. The van der Waals surface area contributed by atoms with E-state index in [1.54, 1.807) is 7.11 Å². The average Bonchev–Trinajstić information content (AvgIpc) is 2.38. The molecule has 2 unspecified atom stereocenters. The number of nitrogens with one attached hydrogen (secondary N) is 1. The minimum atomic E-state index is -0.242. The third kappa shape index (κ3) is 2.42. The molecule has 3 N–H and O–H groups in total. The third-order valence-electron chi connectivity index (χ3n) is 3.39. The minimum absolute atomic E-state index is 0.153. The van der Waals surface area contributed by atoms with Crippen molar-refractivity contribution in [3.63, 3.8) is 0 Å². The summed E-state index contributed by atoms with van der Waals surface area (Å²) in [5, 5.41) is 3.21. The number of piperidine rings is 1. The number of ether oxygens (including phenoxy) is 1. The Hall–Kier alpha value is -1.55. The van der Waals surface area contributed by atoms with Crippen molar-refractivity contribution in [3.8, 4) is 5.75 Å². The van der Waals surface area contributed by atoms with E-state index in [0.717, 1.165) is 24.3 Å². The van der Waals surface area contributed by atoms with Crippen LogP contribution in [-0.2, 0) is 4.79 Å². The van der Waals surface area contributed by atoms with Crippen LogP contribution in [0.25, 0.3) is 0 Å². The van der Waals surface area contributed by atoms with Crippen LogP contribution in [0.4, 0.5) is 0 Å². The van der Waals surface area contributed by atoms with Crippen molar-refractivity contribution in [2.24, 2.45) is 11.7 Å². The van der Waals surface area contributed by atoms with E-state index in [0.29, 0.717) is 6.54 Å². The highest BCUT2D eigenvalue weighted by Crippen LogP contribution is 2.35. The number of benzene rings is 1. The lowest BCUT2D eigenvalue weighted by atomic mass is 9.80. The first-order valence-corrected chi connectivity index (χ1v) is 5.87. The van der Waals surface area contributed by atoms with E-state index < -0.39 is 0 Å². The first kappa shape index (κ1) is 11.9. The first-order valence-electron chi connectivity index (χ1n) is 5.87. The van der Waals surface area contributed by atoms with E-state index in [1.807, 2.05) is 24.3 Å². The summed E-state index contributed by atoms with van der Waals surface area (Å²) < 4.78 is 5.35. The first-order chi connectivity index (χ1) is 8.24. The minimum Gasteiger partial charge on any atom is -0.496 e. The van der Waals surface area contributed by atoms with Crippen LogP contribution in [-0.4, -0.2) is 26.1 Å². The van der Waals surface area contributed by atoms with E-state index >= 15 is 0 Å². The maximum absolute atomic E-state index is 11.5. The number of hydrogen-bond donors (Lipinski definition) is 2. The van der Waals surface area contributed by atoms with Gasteiger partial charge in [-0.15, -0.1) is 0 Å². The van der Waals surface area contributed by atoms with Crippen molar-refractivity contribution in [3.05, 3.63) is 29.8 Å². The number of rotatable bonds is 3. The molecule has 1 fully saturated rings. The fraction of sp³-hybridized carbons (Fsp3) is 0.462. The molecule has 4 heteroatoms. The Bertz CT molecular complexity index is 406. The number of hydrogen-bond acceptors (Lipinski definition) is 3. The number of carbonyl (C=O) groups is 1. The smallest absolute Gasteiger partial charge is 0.222 e. The zero-order valence-corrected chi connectivity index (χ0v) is 9.98. The van der Waals surface area contributed by atoms with Crippen LogP contribution in [0.3, 0.4) is 0 Å². The van der Waals surface area contributed by atoms with Gasteiger partial charge in [0.15, 0.2) is 0 Å². The van der Waals surface area contributed by atoms with Crippen LogP contribution >= 0.6 is 0 Å². The van der Waals surface area contributed by atoms with Gasteiger partial charge in [0.05, 0.1) is 13.0 Å². The molecule has 1 aromatic rings. The Morgan fingerprint density at radius 2 is 2.24 bits per heavy atom. The number of amides is 1. The van der Waals surface area contributed by atoms with Crippen LogP contribution in [0.5, 0.6) is 5.75 Å². The van der Waals surface area contributed by atoms with E-state index in [-0.39, 0.29) is 17.7 Å². The van der Waals surface area contributed by atoms with Gasteiger partial charge in [0.1, 0.15) is 5.75 Å². The largest absolute Gasteiger partial charge is 0.496 e. The molecule has 0 bridgehead atoms. The Morgan fingerprint density at radius 3 is 2.94 bits per heavy atom. The summed E-state index contributed by atoms with van der Waals surface area (Å²) in [4.78, 5) is 11.5. The van der Waals surface area contributed by atoms with E-state index in [2.05, 4.69) is 5.32 Å². The van der Waals surface area contributed by atoms with Crippen molar-refractivity contribution in [2.75, 3.05) is 20.2 Å². The molecule has 2 atom stereocenters. The maximum atomic E-state index is 11.5. The summed E-state index contributed by atoms with van der Waals surface area (Å²) in [5.74, 6) is 0.601. The molecule has 17 heavy (non-hydrogen) atoms. The van der Waals surface area contributed by atoms with E-state index in [9.17, 15) is 4.79 Å². The summed E-state index contributed by atoms with van der Waals surface area (Å²) in [6, 6.07) is 7.85. The van der Waals surface area contributed by atoms with Gasteiger partial charge in [-0.2, -0.15) is 0 Å². The molecule has 1 aliphatic rings. The second-order valence-electron chi connectivity index (χ2n) is 4.35. The number of carbonyl (C=O) groups excluding carboxylic acids is 1. The fourth-order valence-electron chi connectivity index (χ4n) is 2.50. The van der Waals surface area contributed by atoms with Crippen molar-refractivity contribution in [2.45, 2.75) is 12.3 Å². The van der Waals surface area contributed by atoms with Gasteiger partial charge in [0, 0.05) is 12.5 Å². The summed E-state index contributed by atoms with van der Waals surface area (Å²) in [5.41, 5.74) is 6.55. The molecule has 92 valence electrons. The van der Waals surface area contributed by atoms with E-state index in [4.69, 9.17) is 10.5 Å². The van der Waals surface area contributed by atoms with Gasteiger partial charge in [-0.3, -0.25) is 4.79 Å². The summed E-state index contributed by atoms with van der Waals surface area (Å²) in [6.45, 7) is 1.56. The predicted molar refractivity (Wildman–Crippen MR) is 65.9 cm³/mol. The Labute approximate surface area is 101 Å². The lowest BCUT2D eigenvalue weighted by molar-refractivity contribution is -0.122. The molecule has 0 radical (unpaired) electrons. The molecule has 0 saturated carbocycles. The predicted octanol–water partition coefficient (Wildman–Crippen LogP) is 0.874. The summed E-state index contributed by atoms with van der Waals surface area (Å²) in [6.07, 6.45) is 0.911. The number of methoxy groups -OCH3 is 1. The maximum Gasteiger partial charge on any atom is 0.222 e. The zero-order chi connectivity index (χ0) is 12.3. The zero-order valence-electron chi connectivity index (χ0n) is 9.98. The number of nitrogens with two attached hydrogens (primary N) is 1. The van der Waals surface area contributed by atoms with Crippen molar-refractivity contribution < 1.29 is 9.53 Å². The lowest BCUT2D eigenvalue weighted by Crippen LogP contribution is -2.42. The second kappa shape index (κ2) is 5.19. The van der Waals surface area contributed by atoms with Gasteiger partial charge in [-0.1, -0.05) is 18.2 Å². The highest BCUT2D eigenvalue weighted by Gasteiger charge is 2.31. The molecule has 1 saturated heterocycles. The SMILES string of the molecule is COc1ccccc1C1CCNCC1C(N)=O. The Morgan fingerprint density at radius 1 is 1.47 bits per heavy atom. The van der Waals surface area contributed by atoms with Crippen LogP contribution in [0, 0.1) is 5.92 Å². The molecule has 1 aromatic carbocycles. The van der Waals surface area contributed by atoms with Crippen molar-refractivity contribution in [1.82, 2.24) is 5.32 Å². The summed E-state index contributed by atoms with van der Waals surface area (Å²) in [7, 11) is 1.65. The van der Waals surface area contributed by atoms with Crippen LogP contribution in [0.2, 0.25) is 0 Å². The fourth-order valence-corrected chi connectivity index (χ4v) is 2.50. The van der Waals surface area contributed by atoms with Crippen molar-refractivity contribution in [1.29, 1.82) is 0 Å². The molecule has 0 spiro atoms. The molecule has 1 aliphatic heterocycles. The van der Waals surface area contributed by atoms with Gasteiger partial charge < -0.3 is 15.8 Å². The Kier molecular flexibility index (Phi) is 3.64. The van der Waals surface area contributed by atoms with Gasteiger partial charge >= 0.3 is 0 Å². The molecule has 1 amide bonds. The molecule has 0 aliphatic carbocycles. The monoisotopic (exact) mass is 234 g/mol. The molecule has 0 aromatic heterocycles. The van der Waals surface area contributed by atoms with Gasteiger partial charge in [-0.05, 0) is 24.6 Å². The van der Waals surface area contributed by atoms with Gasteiger partial charge in [0.25, 0.3) is 0 Å². The molecule has 4 nitrogen and oxygen atoms in total. The normalized spacial score (nSPS) is 24.3.